The standard InChI is InChI=1S/C11H23N/c1-9(2)6-10(3,4)8-11(5,12)7-9/h6-8,12H2,1-5H3/p+1. The third kappa shape index (κ3) is 2.48. The largest absolute Gasteiger partial charge is 0.353 e. The lowest BCUT2D eigenvalue weighted by molar-refractivity contribution is -0.489. The molecule has 0 unspecified atom stereocenters. The molecule has 0 aromatic rings. The monoisotopic (exact) mass is 170 g/mol. The number of quaternary nitrogens is 1. The molecule has 3 N–H and O–H groups in total. The molecule has 72 valence electrons. The molecular weight excluding hydrogens is 146 g/mol. The molecule has 1 rings (SSSR count). The van der Waals surface area contributed by atoms with Gasteiger partial charge in [-0.2, -0.15) is 0 Å². The molecule has 0 bridgehead atoms. The van der Waals surface area contributed by atoms with Gasteiger partial charge in [0.15, 0.2) is 0 Å². The van der Waals surface area contributed by atoms with E-state index in [0.717, 1.165) is 0 Å². The Morgan fingerprint density at radius 3 is 1.33 bits per heavy atom. The van der Waals surface area contributed by atoms with Crippen molar-refractivity contribution in [2.45, 2.75) is 59.4 Å². The van der Waals surface area contributed by atoms with Crippen LogP contribution in [0.15, 0.2) is 0 Å². The van der Waals surface area contributed by atoms with Crippen LogP contribution in [-0.2, 0) is 0 Å². The van der Waals surface area contributed by atoms with Crippen molar-refractivity contribution in [1.82, 2.24) is 0 Å². The predicted octanol–water partition coefficient (Wildman–Crippen LogP) is 2.22. The molecule has 0 saturated heterocycles. The molecule has 1 fully saturated rings. The van der Waals surface area contributed by atoms with E-state index in [1.54, 1.807) is 0 Å². The molecule has 1 nitrogen and oxygen atoms in total. The Balaban J connectivity index is 2.81. The van der Waals surface area contributed by atoms with Crippen molar-refractivity contribution in [2.24, 2.45) is 10.8 Å². The molecule has 1 heteroatoms. The van der Waals surface area contributed by atoms with Crippen LogP contribution in [0.25, 0.3) is 0 Å². The van der Waals surface area contributed by atoms with Gasteiger partial charge in [0.1, 0.15) is 0 Å². The van der Waals surface area contributed by atoms with Crippen LogP contribution in [0.1, 0.15) is 53.9 Å². The molecule has 0 aromatic carbocycles. The van der Waals surface area contributed by atoms with E-state index in [0.29, 0.717) is 16.4 Å². The molecule has 0 amide bonds. The number of rotatable bonds is 0. The van der Waals surface area contributed by atoms with Gasteiger partial charge < -0.3 is 5.73 Å². The second kappa shape index (κ2) is 2.47. The maximum absolute atomic E-state index is 4.32. The van der Waals surface area contributed by atoms with E-state index in [9.17, 15) is 0 Å². The maximum atomic E-state index is 4.32. The Labute approximate surface area is 76.7 Å². The van der Waals surface area contributed by atoms with Gasteiger partial charge in [0, 0.05) is 12.8 Å². The normalized spacial score (nSPS) is 31.5. The fraction of sp³-hybridized carbons (Fsp3) is 1.00. The van der Waals surface area contributed by atoms with Crippen LogP contribution in [0.2, 0.25) is 0 Å². The third-order valence-corrected chi connectivity index (χ3v) is 2.77. The fourth-order valence-corrected chi connectivity index (χ4v) is 3.79. The van der Waals surface area contributed by atoms with Crippen molar-refractivity contribution in [3.63, 3.8) is 0 Å². The van der Waals surface area contributed by atoms with Gasteiger partial charge in [0.25, 0.3) is 0 Å². The molecule has 0 aromatic heterocycles. The van der Waals surface area contributed by atoms with Gasteiger partial charge in [0.2, 0.25) is 0 Å². The summed E-state index contributed by atoms with van der Waals surface area (Å²) in [4.78, 5) is 0. The van der Waals surface area contributed by atoms with Gasteiger partial charge in [-0.05, 0) is 24.2 Å². The molecule has 1 aliphatic carbocycles. The summed E-state index contributed by atoms with van der Waals surface area (Å²) in [5.41, 5.74) is 5.59. The minimum absolute atomic E-state index is 0.297. The molecule has 0 radical (unpaired) electrons. The van der Waals surface area contributed by atoms with E-state index in [1.807, 2.05) is 0 Å². The van der Waals surface area contributed by atoms with Gasteiger partial charge in [-0.1, -0.05) is 27.7 Å². The first-order valence-corrected chi connectivity index (χ1v) is 4.97. The Morgan fingerprint density at radius 1 is 0.750 bits per heavy atom. The van der Waals surface area contributed by atoms with Crippen molar-refractivity contribution in [3.8, 4) is 0 Å². The van der Waals surface area contributed by atoms with E-state index in [1.165, 1.54) is 19.3 Å². The first-order chi connectivity index (χ1) is 5.12. The number of hydrogen-bond donors (Lipinski definition) is 1. The Hall–Kier alpha value is -0.0400. The Kier molecular flexibility index (Phi) is 2.07. The summed E-state index contributed by atoms with van der Waals surface area (Å²) in [6.45, 7) is 11.8. The first kappa shape index (κ1) is 10.0. The summed E-state index contributed by atoms with van der Waals surface area (Å²) >= 11 is 0. The Bertz CT molecular complexity index is 132. The van der Waals surface area contributed by atoms with E-state index >= 15 is 0 Å². The van der Waals surface area contributed by atoms with E-state index in [-0.39, 0.29) is 0 Å². The maximum Gasteiger partial charge on any atom is 0.0927 e. The smallest absolute Gasteiger partial charge is 0.0927 e. The third-order valence-electron chi connectivity index (χ3n) is 2.77. The van der Waals surface area contributed by atoms with Crippen molar-refractivity contribution < 1.29 is 5.73 Å². The van der Waals surface area contributed by atoms with Gasteiger partial charge in [-0.25, -0.2) is 0 Å². The summed E-state index contributed by atoms with van der Waals surface area (Å²) in [5.74, 6) is 0. The second-order valence-electron chi connectivity index (χ2n) is 6.67. The van der Waals surface area contributed by atoms with Crippen LogP contribution in [0, 0.1) is 10.8 Å². The minimum atomic E-state index is 0.297. The summed E-state index contributed by atoms with van der Waals surface area (Å²) < 4.78 is 0. The van der Waals surface area contributed by atoms with Crippen LogP contribution in [0.4, 0.5) is 0 Å². The lowest BCUT2D eigenvalue weighted by atomic mass is 9.59. The first-order valence-electron chi connectivity index (χ1n) is 4.97. The zero-order valence-corrected chi connectivity index (χ0v) is 9.33. The summed E-state index contributed by atoms with van der Waals surface area (Å²) in [6, 6.07) is 0. The summed E-state index contributed by atoms with van der Waals surface area (Å²) in [7, 11) is 0. The molecule has 1 saturated carbocycles. The highest BCUT2D eigenvalue weighted by atomic mass is 14.8. The zero-order valence-electron chi connectivity index (χ0n) is 9.33. The SMILES string of the molecule is CC1(C)CC(C)(C)CC(C)([NH3+])C1. The van der Waals surface area contributed by atoms with E-state index < -0.39 is 0 Å². The van der Waals surface area contributed by atoms with Crippen molar-refractivity contribution in [3.05, 3.63) is 0 Å². The molecular formula is C11H24N+. The molecule has 0 aliphatic heterocycles. The minimum Gasteiger partial charge on any atom is -0.353 e. The van der Waals surface area contributed by atoms with Crippen molar-refractivity contribution in [2.75, 3.05) is 0 Å². The molecule has 1 aliphatic rings. The summed E-state index contributed by atoms with van der Waals surface area (Å²) in [5, 5.41) is 0. The van der Waals surface area contributed by atoms with Gasteiger partial charge in [-0.15, -0.1) is 0 Å². The fourth-order valence-electron chi connectivity index (χ4n) is 3.79. The van der Waals surface area contributed by atoms with Crippen LogP contribution < -0.4 is 5.73 Å². The van der Waals surface area contributed by atoms with Crippen molar-refractivity contribution >= 4 is 0 Å². The van der Waals surface area contributed by atoms with Gasteiger partial charge in [-0.3, -0.25) is 0 Å². The highest BCUT2D eigenvalue weighted by molar-refractivity contribution is 4.94. The summed E-state index contributed by atoms with van der Waals surface area (Å²) in [6.07, 6.45) is 3.87. The highest BCUT2D eigenvalue weighted by Gasteiger charge is 2.44. The van der Waals surface area contributed by atoms with E-state index in [2.05, 4.69) is 40.4 Å². The van der Waals surface area contributed by atoms with Crippen LogP contribution in [0.3, 0.4) is 0 Å². The Morgan fingerprint density at radius 2 is 1.08 bits per heavy atom. The molecule has 0 spiro atoms. The van der Waals surface area contributed by atoms with E-state index in [4.69, 9.17) is 0 Å². The predicted molar refractivity (Wildman–Crippen MR) is 52.7 cm³/mol. The topological polar surface area (TPSA) is 27.6 Å². The average molecular weight is 170 g/mol. The second-order valence-corrected chi connectivity index (χ2v) is 6.67. The average Bonchev–Trinajstić information content (AvgIpc) is 1.44. The molecule has 0 heterocycles. The quantitative estimate of drug-likeness (QED) is 0.577. The van der Waals surface area contributed by atoms with Crippen LogP contribution in [-0.4, -0.2) is 5.54 Å². The number of hydrogen-bond acceptors (Lipinski definition) is 0. The lowest BCUT2D eigenvalue weighted by Crippen LogP contribution is -2.74. The van der Waals surface area contributed by atoms with Gasteiger partial charge in [0.05, 0.1) is 5.54 Å². The molecule has 12 heavy (non-hydrogen) atoms. The highest BCUT2D eigenvalue weighted by Crippen LogP contribution is 2.48. The zero-order chi connectivity index (χ0) is 9.62. The van der Waals surface area contributed by atoms with Crippen LogP contribution in [0.5, 0.6) is 0 Å². The van der Waals surface area contributed by atoms with Crippen LogP contribution >= 0.6 is 0 Å². The van der Waals surface area contributed by atoms with Gasteiger partial charge >= 0.3 is 0 Å². The van der Waals surface area contributed by atoms with Crippen molar-refractivity contribution in [1.29, 1.82) is 0 Å². The lowest BCUT2D eigenvalue weighted by Gasteiger charge is -2.46. The molecule has 0 atom stereocenters.